The van der Waals surface area contributed by atoms with Crippen molar-refractivity contribution in [1.29, 1.82) is 0 Å². The number of nitrogens with zero attached hydrogens (tertiary/aromatic N) is 4. The summed E-state index contributed by atoms with van der Waals surface area (Å²) >= 11 is 0. The van der Waals surface area contributed by atoms with E-state index < -0.39 is 0 Å². The maximum Gasteiger partial charge on any atom is 0.260 e. The Morgan fingerprint density at radius 1 is 0.739 bits per heavy atom. The molecule has 4 aliphatic rings. The van der Waals surface area contributed by atoms with Gasteiger partial charge in [0.2, 0.25) is 0 Å². The Bertz CT molecular complexity index is 1530. The van der Waals surface area contributed by atoms with E-state index in [9.17, 15) is 9.59 Å². The van der Waals surface area contributed by atoms with Crippen LogP contribution in [0.15, 0.2) is 57.8 Å². The lowest BCUT2D eigenvalue weighted by molar-refractivity contribution is 0.0809. The second-order valence-corrected chi connectivity index (χ2v) is 12.2. The number of methoxy groups -OCH3 is 2. The van der Waals surface area contributed by atoms with E-state index in [2.05, 4.69) is 9.98 Å². The van der Waals surface area contributed by atoms with Crippen LogP contribution in [-0.4, -0.2) is 80.1 Å². The lowest BCUT2D eigenvalue weighted by atomic mass is 9.98. The molecule has 46 heavy (non-hydrogen) atoms. The van der Waals surface area contributed by atoms with Crippen LogP contribution in [0.25, 0.3) is 0 Å². The summed E-state index contributed by atoms with van der Waals surface area (Å²) in [6, 6.07) is 6.84. The average Bonchev–Trinajstić information content (AvgIpc) is 3.56. The molecule has 0 saturated heterocycles. The van der Waals surface area contributed by atoms with E-state index in [4.69, 9.17) is 24.7 Å². The number of aliphatic imine (C=N–C) groups is 2. The topological polar surface area (TPSA) is 128 Å². The molecule has 6 rings (SSSR count). The zero-order chi connectivity index (χ0) is 32.4. The molecule has 0 unspecified atom stereocenters. The summed E-state index contributed by atoms with van der Waals surface area (Å²) in [5.74, 6) is 2.10. The first-order chi connectivity index (χ1) is 22.3. The van der Waals surface area contributed by atoms with E-state index in [-0.39, 0.29) is 29.8 Å². The monoisotopic (exact) mass is 627 g/mol. The molecule has 2 amide bonds. The highest BCUT2D eigenvalue weighted by Gasteiger charge is 2.33. The third-order valence-corrected chi connectivity index (χ3v) is 8.90. The van der Waals surface area contributed by atoms with Crippen LogP contribution in [0.4, 0.5) is 11.4 Å². The van der Waals surface area contributed by atoms with Crippen molar-refractivity contribution in [2.45, 2.75) is 58.0 Å². The van der Waals surface area contributed by atoms with Crippen LogP contribution in [0.5, 0.6) is 23.0 Å². The predicted molar refractivity (Wildman–Crippen MR) is 176 cm³/mol. The van der Waals surface area contributed by atoms with Gasteiger partial charge in [-0.1, -0.05) is 11.1 Å². The van der Waals surface area contributed by atoms with Crippen molar-refractivity contribution in [3.63, 3.8) is 0 Å². The Morgan fingerprint density at radius 2 is 1.20 bits per heavy atom. The van der Waals surface area contributed by atoms with Gasteiger partial charge in [-0.15, -0.1) is 0 Å². The summed E-state index contributed by atoms with van der Waals surface area (Å²) in [6.07, 6.45) is 11.3. The van der Waals surface area contributed by atoms with E-state index in [1.54, 1.807) is 48.3 Å². The van der Waals surface area contributed by atoms with Gasteiger partial charge in [-0.05, 0) is 70.5 Å². The normalized spacial score (nSPS) is 19.6. The van der Waals surface area contributed by atoms with Crippen LogP contribution < -0.4 is 24.7 Å². The van der Waals surface area contributed by atoms with Crippen LogP contribution in [-0.2, 0) is 0 Å². The summed E-state index contributed by atoms with van der Waals surface area (Å²) in [7, 11) is 3.13. The number of ether oxygens (including phenoxy) is 4. The predicted octanol–water partition coefficient (Wildman–Crippen LogP) is 5.58. The van der Waals surface area contributed by atoms with Gasteiger partial charge in [0.15, 0.2) is 23.0 Å². The maximum atomic E-state index is 13.3. The molecule has 2 aromatic carbocycles. The van der Waals surface area contributed by atoms with Crippen molar-refractivity contribution in [2.75, 3.05) is 34.0 Å². The largest absolute Gasteiger partial charge is 0.493 e. The number of amides is 2. The molecule has 4 heterocycles. The Labute approximate surface area is 269 Å². The molecule has 242 valence electrons. The van der Waals surface area contributed by atoms with E-state index in [0.29, 0.717) is 65.3 Å². The molecule has 0 bridgehead atoms. The van der Waals surface area contributed by atoms with Gasteiger partial charge in [-0.25, -0.2) is 0 Å². The molecule has 11 nitrogen and oxygen atoms in total. The van der Waals surface area contributed by atoms with Gasteiger partial charge in [-0.3, -0.25) is 19.6 Å². The minimum atomic E-state index is -0.0979. The molecule has 0 radical (unpaired) electrons. The second kappa shape index (κ2) is 13.4. The number of hydrogen-bond acceptors (Lipinski definition) is 9. The van der Waals surface area contributed by atoms with Crippen LogP contribution in [0, 0.1) is 5.92 Å². The minimum absolute atomic E-state index is 0.0741. The smallest absolute Gasteiger partial charge is 0.260 e. The third-order valence-electron chi connectivity index (χ3n) is 8.90. The highest BCUT2D eigenvalue weighted by molar-refractivity contribution is 6.05. The lowest BCUT2D eigenvalue weighted by Gasteiger charge is -2.20. The van der Waals surface area contributed by atoms with Gasteiger partial charge in [0.25, 0.3) is 11.8 Å². The molecule has 2 aromatic rings. The Morgan fingerprint density at radius 3 is 1.61 bits per heavy atom. The maximum absolute atomic E-state index is 13.3. The van der Waals surface area contributed by atoms with Crippen molar-refractivity contribution in [2.24, 2.45) is 21.6 Å². The quantitative estimate of drug-likeness (QED) is 0.326. The van der Waals surface area contributed by atoms with Gasteiger partial charge in [0.1, 0.15) is 0 Å². The fourth-order valence-electron chi connectivity index (χ4n) is 6.45. The molecule has 2 N–H and O–H groups in total. The van der Waals surface area contributed by atoms with Crippen LogP contribution in [0.2, 0.25) is 0 Å². The SMILES string of the molecule is COc1cc2c(cc1OCCC(CCN)CCOc1cc3c(cc1OC)C(=O)N1C=C(C)C[C@H]1C=N3)N=C[C@@H]1CC(C)=CN1C2=O. The number of benzene rings is 2. The Kier molecular flexibility index (Phi) is 9.12. The summed E-state index contributed by atoms with van der Waals surface area (Å²) in [6.45, 7) is 5.43. The summed E-state index contributed by atoms with van der Waals surface area (Å²) in [4.78, 5) is 39.3. The number of rotatable bonds is 12. The van der Waals surface area contributed by atoms with Crippen molar-refractivity contribution >= 4 is 35.6 Å². The summed E-state index contributed by atoms with van der Waals surface area (Å²) < 4.78 is 23.6. The van der Waals surface area contributed by atoms with Crippen molar-refractivity contribution in [3.05, 3.63) is 58.9 Å². The average molecular weight is 628 g/mol. The molecule has 0 aliphatic carbocycles. The molecule has 2 atom stereocenters. The number of carbonyl (C=O) groups excluding carboxylic acids is 2. The lowest BCUT2D eigenvalue weighted by Crippen LogP contribution is -2.32. The number of nitrogens with two attached hydrogens (primary N) is 1. The summed E-state index contributed by atoms with van der Waals surface area (Å²) in [5.41, 5.74) is 10.4. The second-order valence-electron chi connectivity index (χ2n) is 12.2. The number of fused-ring (bicyclic) bond motifs is 4. The van der Waals surface area contributed by atoms with Gasteiger partial charge in [0.05, 0.1) is 62.0 Å². The number of carbonyl (C=O) groups is 2. The van der Waals surface area contributed by atoms with E-state index in [1.165, 1.54) is 0 Å². The molecule has 0 saturated carbocycles. The molecule has 0 aromatic heterocycles. The van der Waals surface area contributed by atoms with Gasteiger partial charge in [-0.2, -0.15) is 0 Å². The standard InChI is InChI=1S/C35H41N5O6/c1-21-11-24-17-37-28-15-32(30(43-3)13-26(28)34(41)39(24)19-21)45-9-6-23(5-8-36)7-10-46-33-16-29-27(14-31(33)44-4)35(42)40-20-22(2)12-25(40)18-38-29/h13-20,23-25H,5-12,36H2,1-4H3/t24-,25-/m0/s1. The van der Waals surface area contributed by atoms with Gasteiger partial charge >= 0.3 is 0 Å². The zero-order valence-electron chi connectivity index (χ0n) is 26.8. The first-order valence-electron chi connectivity index (χ1n) is 15.8. The zero-order valence-corrected chi connectivity index (χ0v) is 26.8. The van der Waals surface area contributed by atoms with Crippen molar-refractivity contribution in [1.82, 2.24) is 9.80 Å². The van der Waals surface area contributed by atoms with Gasteiger partial charge in [0, 0.05) is 37.0 Å². The minimum Gasteiger partial charge on any atom is -0.493 e. The molecular formula is C35H41N5O6. The fraction of sp³-hybridized carbons (Fsp3) is 0.429. The van der Waals surface area contributed by atoms with Crippen molar-refractivity contribution < 1.29 is 28.5 Å². The molecule has 0 spiro atoms. The van der Waals surface area contributed by atoms with Crippen molar-refractivity contribution in [3.8, 4) is 23.0 Å². The highest BCUT2D eigenvalue weighted by atomic mass is 16.5. The molecular weight excluding hydrogens is 586 g/mol. The molecule has 11 heteroatoms. The van der Waals surface area contributed by atoms with E-state index in [0.717, 1.165) is 43.3 Å². The molecule has 0 fully saturated rings. The fourth-order valence-corrected chi connectivity index (χ4v) is 6.45. The third kappa shape index (κ3) is 6.24. The number of hydrogen-bond donors (Lipinski definition) is 1. The Hall–Kier alpha value is -4.64. The van der Waals surface area contributed by atoms with Gasteiger partial charge < -0.3 is 34.5 Å². The first-order valence-corrected chi connectivity index (χ1v) is 15.8. The highest BCUT2D eigenvalue weighted by Crippen LogP contribution is 2.40. The Balaban J connectivity index is 1.08. The summed E-state index contributed by atoms with van der Waals surface area (Å²) in [5, 5.41) is 0. The van der Waals surface area contributed by atoms with Crippen LogP contribution >= 0.6 is 0 Å². The molecule has 4 aliphatic heterocycles. The first kappa shape index (κ1) is 31.3. The van der Waals surface area contributed by atoms with Crippen LogP contribution in [0.3, 0.4) is 0 Å². The van der Waals surface area contributed by atoms with E-state index >= 15 is 0 Å². The van der Waals surface area contributed by atoms with Crippen LogP contribution in [0.1, 0.15) is 66.7 Å². The van der Waals surface area contributed by atoms with E-state index in [1.807, 2.05) is 38.7 Å².